The van der Waals surface area contributed by atoms with Crippen LogP contribution in [0.4, 0.5) is 11.4 Å². The Morgan fingerprint density at radius 2 is 1.72 bits per heavy atom. The van der Waals surface area contributed by atoms with E-state index < -0.39 is 0 Å². The summed E-state index contributed by atoms with van der Waals surface area (Å²) in [6.45, 7) is 3.69. The average Bonchev–Trinajstić information content (AvgIpc) is 2.60. The van der Waals surface area contributed by atoms with E-state index in [9.17, 15) is 9.59 Å². The van der Waals surface area contributed by atoms with Gasteiger partial charge in [-0.1, -0.05) is 12.1 Å². The zero-order valence-electron chi connectivity index (χ0n) is 14.5. The number of carbonyl (C=O) groups excluding carboxylic acids is 2. The highest BCUT2D eigenvalue weighted by atomic mass is 16.5. The second-order valence-electron chi connectivity index (χ2n) is 5.63. The molecular weight excluding hydrogens is 320 g/mol. The van der Waals surface area contributed by atoms with Gasteiger partial charge in [-0.3, -0.25) is 4.79 Å². The number of rotatable bonds is 7. The van der Waals surface area contributed by atoms with Gasteiger partial charge < -0.3 is 20.1 Å². The average molecular weight is 342 g/mol. The Bertz CT molecular complexity index is 726. The lowest BCUT2D eigenvalue weighted by atomic mass is 10.2. The molecule has 0 aliphatic rings. The van der Waals surface area contributed by atoms with E-state index in [2.05, 4.69) is 10.6 Å². The molecule has 0 saturated heterocycles. The van der Waals surface area contributed by atoms with E-state index in [-0.39, 0.29) is 24.5 Å². The third-order valence-electron chi connectivity index (χ3n) is 3.30. The van der Waals surface area contributed by atoms with Crippen molar-refractivity contribution >= 4 is 23.3 Å². The molecule has 1 amide bonds. The van der Waals surface area contributed by atoms with Crippen molar-refractivity contribution in [3.63, 3.8) is 0 Å². The van der Waals surface area contributed by atoms with E-state index in [0.717, 1.165) is 5.69 Å². The first-order valence-electron chi connectivity index (χ1n) is 7.97. The Balaban J connectivity index is 1.88. The van der Waals surface area contributed by atoms with Crippen molar-refractivity contribution in [1.29, 1.82) is 0 Å². The van der Waals surface area contributed by atoms with Crippen LogP contribution in [0.2, 0.25) is 0 Å². The van der Waals surface area contributed by atoms with E-state index in [1.54, 1.807) is 57.4 Å². The highest BCUT2D eigenvalue weighted by molar-refractivity contribution is 5.95. The number of methoxy groups -OCH3 is 1. The smallest absolute Gasteiger partial charge is 0.338 e. The fourth-order valence-corrected chi connectivity index (χ4v) is 2.13. The van der Waals surface area contributed by atoms with Crippen molar-refractivity contribution < 1.29 is 19.1 Å². The zero-order valence-corrected chi connectivity index (χ0v) is 14.5. The van der Waals surface area contributed by atoms with Crippen LogP contribution >= 0.6 is 0 Å². The first-order chi connectivity index (χ1) is 12.0. The molecule has 0 fully saturated rings. The number of esters is 1. The first kappa shape index (κ1) is 18.3. The quantitative estimate of drug-likeness (QED) is 0.755. The molecule has 0 heterocycles. The van der Waals surface area contributed by atoms with Gasteiger partial charge in [-0.25, -0.2) is 4.79 Å². The molecule has 6 nitrogen and oxygen atoms in total. The number of hydrogen-bond acceptors (Lipinski definition) is 5. The minimum atomic E-state index is -0.365. The van der Waals surface area contributed by atoms with Gasteiger partial charge in [-0.2, -0.15) is 0 Å². The van der Waals surface area contributed by atoms with Crippen molar-refractivity contribution in [2.75, 3.05) is 24.3 Å². The molecular formula is C19H22N2O4. The van der Waals surface area contributed by atoms with Crippen LogP contribution in [-0.2, 0) is 9.53 Å². The zero-order chi connectivity index (χ0) is 18.2. The SMILES string of the molecule is COc1ccccc1NC(=O)CNc1ccc(C(=O)OC(C)C)cc1. The maximum atomic E-state index is 12.0. The van der Waals surface area contributed by atoms with Crippen LogP contribution in [0.1, 0.15) is 24.2 Å². The van der Waals surface area contributed by atoms with Crippen LogP contribution in [0, 0.1) is 0 Å². The molecule has 25 heavy (non-hydrogen) atoms. The molecule has 0 bridgehead atoms. The lowest BCUT2D eigenvalue weighted by Crippen LogP contribution is -2.22. The first-order valence-corrected chi connectivity index (χ1v) is 7.97. The Morgan fingerprint density at radius 1 is 1.04 bits per heavy atom. The highest BCUT2D eigenvalue weighted by Gasteiger charge is 2.10. The van der Waals surface area contributed by atoms with Crippen LogP contribution < -0.4 is 15.4 Å². The normalized spacial score (nSPS) is 10.2. The van der Waals surface area contributed by atoms with Gasteiger partial charge in [0.05, 0.1) is 31.0 Å². The Labute approximate surface area is 147 Å². The van der Waals surface area contributed by atoms with E-state index in [4.69, 9.17) is 9.47 Å². The Kier molecular flexibility index (Phi) is 6.39. The van der Waals surface area contributed by atoms with Gasteiger partial charge in [-0.05, 0) is 50.2 Å². The summed E-state index contributed by atoms with van der Waals surface area (Å²) in [6.07, 6.45) is -0.163. The van der Waals surface area contributed by atoms with E-state index >= 15 is 0 Å². The van der Waals surface area contributed by atoms with Gasteiger partial charge >= 0.3 is 5.97 Å². The third kappa shape index (κ3) is 5.53. The number of anilines is 2. The lowest BCUT2D eigenvalue weighted by molar-refractivity contribution is -0.114. The maximum Gasteiger partial charge on any atom is 0.338 e. The fourth-order valence-electron chi connectivity index (χ4n) is 2.13. The molecule has 0 atom stereocenters. The summed E-state index contributed by atoms with van der Waals surface area (Å²) in [4.78, 5) is 23.8. The van der Waals surface area contributed by atoms with E-state index in [1.165, 1.54) is 0 Å². The Morgan fingerprint density at radius 3 is 2.36 bits per heavy atom. The van der Waals surface area contributed by atoms with Gasteiger partial charge in [0.15, 0.2) is 0 Å². The van der Waals surface area contributed by atoms with Crippen LogP contribution in [0.3, 0.4) is 0 Å². The van der Waals surface area contributed by atoms with Gasteiger partial charge in [0.25, 0.3) is 0 Å². The summed E-state index contributed by atoms with van der Waals surface area (Å²) in [5.74, 6) is 0.0344. The topological polar surface area (TPSA) is 76.7 Å². The van der Waals surface area contributed by atoms with Crippen molar-refractivity contribution in [2.24, 2.45) is 0 Å². The van der Waals surface area contributed by atoms with Crippen LogP contribution in [0.15, 0.2) is 48.5 Å². The van der Waals surface area contributed by atoms with Crippen LogP contribution in [0.5, 0.6) is 5.75 Å². The van der Waals surface area contributed by atoms with Gasteiger partial charge in [-0.15, -0.1) is 0 Å². The number of carbonyl (C=O) groups is 2. The number of benzene rings is 2. The molecule has 2 aromatic rings. The second kappa shape index (κ2) is 8.73. The molecule has 2 aromatic carbocycles. The monoisotopic (exact) mass is 342 g/mol. The molecule has 2 N–H and O–H groups in total. The summed E-state index contributed by atoms with van der Waals surface area (Å²) in [6, 6.07) is 14.0. The number of nitrogens with one attached hydrogen (secondary N) is 2. The van der Waals surface area contributed by atoms with E-state index in [0.29, 0.717) is 17.0 Å². The highest BCUT2D eigenvalue weighted by Crippen LogP contribution is 2.22. The largest absolute Gasteiger partial charge is 0.495 e. The standard InChI is InChI=1S/C19H22N2O4/c1-13(2)25-19(23)14-8-10-15(11-9-14)20-12-18(22)21-16-6-4-5-7-17(16)24-3/h4-11,13,20H,12H2,1-3H3,(H,21,22). The molecule has 0 radical (unpaired) electrons. The molecule has 0 aromatic heterocycles. The number of ether oxygens (including phenoxy) is 2. The van der Waals surface area contributed by atoms with Gasteiger partial charge in [0.2, 0.25) is 5.91 Å². The number of para-hydroxylation sites is 2. The molecule has 2 rings (SSSR count). The molecule has 132 valence electrons. The molecule has 0 spiro atoms. The maximum absolute atomic E-state index is 12.0. The minimum Gasteiger partial charge on any atom is -0.495 e. The lowest BCUT2D eigenvalue weighted by Gasteiger charge is -2.11. The van der Waals surface area contributed by atoms with Crippen molar-refractivity contribution in [2.45, 2.75) is 20.0 Å². The second-order valence-corrected chi connectivity index (χ2v) is 5.63. The van der Waals surface area contributed by atoms with Gasteiger partial charge in [0.1, 0.15) is 5.75 Å². The van der Waals surface area contributed by atoms with Crippen LogP contribution in [-0.4, -0.2) is 31.6 Å². The Hall–Kier alpha value is -3.02. The number of amides is 1. The minimum absolute atomic E-state index is 0.0911. The molecule has 6 heteroatoms. The fraction of sp³-hybridized carbons (Fsp3) is 0.263. The predicted octanol–water partition coefficient (Wildman–Crippen LogP) is 3.31. The molecule has 0 aliphatic carbocycles. The van der Waals surface area contributed by atoms with Gasteiger partial charge in [0, 0.05) is 5.69 Å². The van der Waals surface area contributed by atoms with Crippen molar-refractivity contribution in [3.8, 4) is 5.75 Å². The van der Waals surface area contributed by atoms with E-state index in [1.807, 2.05) is 12.1 Å². The summed E-state index contributed by atoms with van der Waals surface area (Å²) in [5, 5.41) is 5.79. The summed E-state index contributed by atoms with van der Waals surface area (Å²) in [5.41, 5.74) is 1.82. The van der Waals surface area contributed by atoms with Crippen LogP contribution in [0.25, 0.3) is 0 Å². The molecule has 0 saturated carbocycles. The third-order valence-corrected chi connectivity index (χ3v) is 3.30. The predicted molar refractivity (Wildman–Crippen MR) is 97.1 cm³/mol. The summed E-state index contributed by atoms with van der Waals surface area (Å²) in [7, 11) is 1.55. The molecule has 0 unspecified atom stereocenters. The molecule has 0 aliphatic heterocycles. The van der Waals surface area contributed by atoms with Crippen molar-refractivity contribution in [1.82, 2.24) is 0 Å². The number of hydrogen-bond donors (Lipinski definition) is 2. The summed E-state index contributed by atoms with van der Waals surface area (Å²) >= 11 is 0. The summed E-state index contributed by atoms with van der Waals surface area (Å²) < 4.78 is 10.3. The van der Waals surface area contributed by atoms with Crippen molar-refractivity contribution in [3.05, 3.63) is 54.1 Å².